The minimum atomic E-state index is 0.757. The molecule has 3 heterocycles. The summed E-state index contributed by atoms with van der Waals surface area (Å²) in [6.07, 6.45) is 6.66. The third-order valence-electron chi connectivity index (χ3n) is 4.24. The van der Waals surface area contributed by atoms with Gasteiger partial charge in [-0.2, -0.15) is 0 Å². The number of piperidine rings is 1. The molecule has 0 amide bonds. The first-order valence-electron chi connectivity index (χ1n) is 7.48. The van der Waals surface area contributed by atoms with E-state index in [4.69, 9.17) is 0 Å². The quantitative estimate of drug-likeness (QED) is 0.808. The average Bonchev–Trinajstić information content (AvgIpc) is 3.11. The summed E-state index contributed by atoms with van der Waals surface area (Å²) >= 11 is 3.70. The van der Waals surface area contributed by atoms with E-state index in [2.05, 4.69) is 34.3 Å². The number of aromatic nitrogens is 1. The highest BCUT2D eigenvalue weighted by Crippen LogP contribution is 2.26. The molecule has 1 aliphatic heterocycles. The van der Waals surface area contributed by atoms with E-state index in [1.54, 1.807) is 0 Å². The number of rotatable bonds is 5. The maximum Gasteiger partial charge on any atom is 0.0798 e. The number of nitrogens with zero attached hydrogens (tertiary/aromatic N) is 2. The van der Waals surface area contributed by atoms with E-state index in [0.29, 0.717) is 0 Å². The van der Waals surface area contributed by atoms with Gasteiger partial charge < -0.3 is 0 Å². The van der Waals surface area contributed by atoms with E-state index in [1.165, 1.54) is 54.1 Å². The monoisotopic (exact) mass is 306 g/mol. The van der Waals surface area contributed by atoms with Gasteiger partial charge in [-0.25, -0.2) is 4.98 Å². The maximum absolute atomic E-state index is 4.39. The molecule has 0 saturated carbocycles. The van der Waals surface area contributed by atoms with Crippen LogP contribution >= 0.6 is 22.7 Å². The lowest BCUT2D eigenvalue weighted by Gasteiger charge is -2.35. The van der Waals surface area contributed by atoms with Crippen molar-refractivity contribution in [3.8, 4) is 0 Å². The molecule has 20 heavy (non-hydrogen) atoms. The maximum atomic E-state index is 4.39. The van der Waals surface area contributed by atoms with Crippen LogP contribution in [0.3, 0.4) is 0 Å². The van der Waals surface area contributed by atoms with Crippen molar-refractivity contribution in [3.63, 3.8) is 0 Å². The Balaban J connectivity index is 1.60. The van der Waals surface area contributed by atoms with Crippen LogP contribution in [0.25, 0.3) is 0 Å². The Morgan fingerprint density at radius 2 is 2.30 bits per heavy atom. The van der Waals surface area contributed by atoms with Crippen LogP contribution in [0.4, 0.5) is 0 Å². The van der Waals surface area contributed by atoms with E-state index in [0.717, 1.165) is 12.6 Å². The molecule has 108 valence electrons. The molecule has 1 unspecified atom stereocenters. The summed E-state index contributed by atoms with van der Waals surface area (Å²) in [6.45, 7) is 4.49. The van der Waals surface area contributed by atoms with Gasteiger partial charge in [0.25, 0.3) is 0 Å². The van der Waals surface area contributed by atoms with Crippen LogP contribution in [-0.4, -0.2) is 22.5 Å². The lowest BCUT2D eigenvalue weighted by Crippen LogP contribution is -2.39. The molecule has 0 bridgehead atoms. The number of thiazole rings is 1. The van der Waals surface area contributed by atoms with Crippen LogP contribution in [0.2, 0.25) is 0 Å². The Morgan fingerprint density at radius 1 is 1.35 bits per heavy atom. The van der Waals surface area contributed by atoms with Gasteiger partial charge in [-0.05, 0) is 50.6 Å². The zero-order valence-electron chi connectivity index (χ0n) is 12.0. The number of aryl methyl sites for hydroxylation is 2. The van der Waals surface area contributed by atoms with Crippen LogP contribution < -0.4 is 0 Å². The second kappa shape index (κ2) is 6.83. The minimum Gasteiger partial charge on any atom is -0.295 e. The van der Waals surface area contributed by atoms with Crippen molar-refractivity contribution in [3.05, 3.63) is 38.5 Å². The van der Waals surface area contributed by atoms with E-state index < -0.39 is 0 Å². The van der Waals surface area contributed by atoms with Crippen LogP contribution in [0.15, 0.2) is 23.0 Å². The highest BCUT2D eigenvalue weighted by molar-refractivity contribution is 7.10. The largest absolute Gasteiger partial charge is 0.295 e. The van der Waals surface area contributed by atoms with E-state index in [1.807, 2.05) is 28.2 Å². The lowest BCUT2D eigenvalue weighted by molar-refractivity contribution is 0.133. The van der Waals surface area contributed by atoms with Gasteiger partial charge >= 0.3 is 0 Å². The molecule has 0 N–H and O–H groups in total. The summed E-state index contributed by atoms with van der Waals surface area (Å²) < 4.78 is 0. The number of thiophene rings is 1. The topological polar surface area (TPSA) is 16.1 Å². The van der Waals surface area contributed by atoms with E-state index in [9.17, 15) is 0 Å². The molecule has 0 aromatic carbocycles. The number of likely N-dealkylation sites (tertiary alicyclic amines) is 1. The van der Waals surface area contributed by atoms with Gasteiger partial charge in [0.05, 0.1) is 11.2 Å². The normalized spacial score (nSPS) is 20.4. The van der Waals surface area contributed by atoms with Gasteiger partial charge in [0, 0.05) is 22.3 Å². The first kappa shape index (κ1) is 14.2. The molecule has 2 aromatic heterocycles. The van der Waals surface area contributed by atoms with Crippen molar-refractivity contribution in [2.75, 3.05) is 6.54 Å². The summed E-state index contributed by atoms with van der Waals surface area (Å²) in [4.78, 5) is 10.1. The molecule has 2 aromatic rings. The van der Waals surface area contributed by atoms with Crippen molar-refractivity contribution in [1.82, 2.24) is 9.88 Å². The van der Waals surface area contributed by atoms with Crippen molar-refractivity contribution in [2.24, 2.45) is 0 Å². The van der Waals surface area contributed by atoms with Crippen LogP contribution in [0, 0.1) is 6.92 Å². The average molecular weight is 306 g/mol. The third-order valence-corrected chi connectivity index (χ3v) is 6.10. The smallest absolute Gasteiger partial charge is 0.0798 e. The SMILES string of the molecule is Cc1ncsc1CN1CCCCC1CCc1cccs1. The zero-order valence-corrected chi connectivity index (χ0v) is 13.7. The summed E-state index contributed by atoms with van der Waals surface area (Å²) in [6, 6.07) is 5.19. The Bertz CT molecular complexity index is 518. The molecule has 0 spiro atoms. The molecule has 1 aliphatic rings. The predicted molar refractivity (Wildman–Crippen MR) is 87.5 cm³/mol. The molecule has 1 saturated heterocycles. The highest BCUT2D eigenvalue weighted by Gasteiger charge is 2.23. The van der Waals surface area contributed by atoms with Crippen molar-refractivity contribution >= 4 is 22.7 Å². The molecule has 0 aliphatic carbocycles. The first-order valence-corrected chi connectivity index (χ1v) is 9.24. The van der Waals surface area contributed by atoms with Crippen molar-refractivity contribution in [1.29, 1.82) is 0 Å². The molecular weight excluding hydrogens is 284 g/mol. The first-order chi connectivity index (χ1) is 9.83. The molecule has 1 atom stereocenters. The summed E-state index contributed by atoms with van der Waals surface area (Å²) in [5, 5.41) is 2.19. The van der Waals surface area contributed by atoms with Crippen molar-refractivity contribution < 1.29 is 0 Å². The standard InChI is InChI=1S/C16H22N2S2/c1-13-16(20-12-17-13)11-18-9-3-2-5-14(18)7-8-15-6-4-10-19-15/h4,6,10,12,14H,2-3,5,7-9,11H2,1H3. The van der Waals surface area contributed by atoms with Gasteiger partial charge in [0.15, 0.2) is 0 Å². The molecule has 4 heteroatoms. The Morgan fingerprint density at radius 3 is 3.05 bits per heavy atom. The fourth-order valence-electron chi connectivity index (χ4n) is 3.02. The van der Waals surface area contributed by atoms with Gasteiger partial charge in [0.1, 0.15) is 0 Å². The van der Waals surface area contributed by atoms with Gasteiger partial charge in [-0.15, -0.1) is 22.7 Å². The highest BCUT2D eigenvalue weighted by atomic mass is 32.1. The molecule has 0 radical (unpaired) electrons. The lowest BCUT2D eigenvalue weighted by atomic mass is 9.97. The van der Waals surface area contributed by atoms with Gasteiger partial charge in [-0.3, -0.25) is 4.90 Å². The van der Waals surface area contributed by atoms with Gasteiger partial charge in [0.2, 0.25) is 0 Å². The fourth-order valence-corrected chi connectivity index (χ4v) is 4.55. The van der Waals surface area contributed by atoms with E-state index in [-0.39, 0.29) is 0 Å². The third kappa shape index (κ3) is 3.48. The van der Waals surface area contributed by atoms with Crippen LogP contribution in [0.5, 0.6) is 0 Å². The number of hydrogen-bond donors (Lipinski definition) is 0. The second-order valence-corrected chi connectivity index (χ2v) is 7.57. The molecular formula is C16H22N2S2. The summed E-state index contributed by atoms with van der Waals surface area (Å²) in [5.41, 5.74) is 3.20. The second-order valence-electron chi connectivity index (χ2n) is 5.60. The zero-order chi connectivity index (χ0) is 13.8. The number of hydrogen-bond acceptors (Lipinski definition) is 4. The Labute approximate surface area is 129 Å². The fraction of sp³-hybridized carbons (Fsp3) is 0.562. The minimum absolute atomic E-state index is 0.757. The van der Waals surface area contributed by atoms with Crippen LogP contribution in [0.1, 0.15) is 41.1 Å². The van der Waals surface area contributed by atoms with E-state index >= 15 is 0 Å². The molecule has 2 nitrogen and oxygen atoms in total. The predicted octanol–water partition coefficient (Wildman–Crippen LogP) is 4.50. The van der Waals surface area contributed by atoms with Crippen molar-refractivity contribution in [2.45, 2.75) is 51.6 Å². The van der Waals surface area contributed by atoms with Gasteiger partial charge in [-0.1, -0.05) is 12.5 Å². The summed E-state index contributed by atoms with van der Waals surface area (Å²) in [7, 11) is 0. The van der Waals surface area contributed by atoms with Crippen LogP contribution in [-0.2, 0) is 13.0 Å². The molecule has 3 rings (SSSR count). The molecule has 1 fully saturated rings. The Hall–Kier alpha value is -0.710. The summed E-state index contributed by atoms with van der Waals surface area (Å²) in [5.74, 6) is 0. The Kier molecular flexibility index (Phi) is 4.86.